The number of nitrogens with one attached hydrogen (secondary N) is 1. The summed E-state index contributed by atoms with van der Waals surface area (Å²) >= 11 is 1.43. The monoisotopic (exact) mass is 469 g/mol. The van der Waals surface area contributed by atoms with E-state index in [2.05, 4.69) is 12.2 Å². The minimum Gasteiger partial charge on any atom is -0.483 e. The number of carbonyl (C=O) groups is 2. The van der Waals surface area contributed by atoms with E-state index in [4.69, 9.17) is 13.9 Å². The molecule has 0 saturated heterocycles. The van der Waals surface area contributed by atoms with Gasteiger partial charge in [0.1, 0.15) is 16.3 Å². The minimum absolute atomic E-state index is 0.242. The van der Waals surface area contributed by atoms with Crippen LogP contribution in [0.5, 0.6) is 5.75 Å². The molecule has 2 heterocycles. The normalized spacial score (nSPS) is 12.9. The Morgan fingerprint density at radius 2 is 2.00 bits per heavy atom. The van der Waals surface area contributed by atoms with Gasteiger partial charge in [-0.1, -0.05) is 13.3 Å². The predicted octanol–water partition coefficient (Wildman–Crippen LogP) is 4.80. The van der Waals surface area contributed by atoms with Crippen molar-refractivity contribution in [3.05, 3.63) is 55.8 Å². The molecule has 0 bridgehead atoms. The molecule has 0 saturated carbocycles. The molecule has 0 aliphatic heterocycles. The van der Waals surface area contributed by atoms with Crippen LogP contribution in [0.2, 0.25) is 0 Å². The Balaban J connectivity index is 1.53. The van der Waals surface area contributed by atoms with Crippen LogP contribution in [0.3, 0.4) is 0 Å². The quantitative estimate of drug-likeness (QED) is 0.395. The van der Waals surface area contributed by atoms with Gasteiger partial charge in [-0.2, -0.15) is 0 Å². The van der Waals surface area contributed by atoms with Crippen molar-refractivity contribution in [2.45, 2.75) is 52.4 Å². The SMILES string of the molecule is CCCc1cc(=O)oc2c(C)c(OCC(=O)Nc3sc4c(c3C(=O)OC)CCCC4)ccc12. The molecule has 0 fully saturated rings. The van der Waals surface area contributed by atoms with Gasteiger partial charge < -0.3 is 19.2 Å². The molecule has 1 amide bonds. The molecule has 1 aromatic carbocycles. The zero-order valence-electron chi connectivity index (χ0n) is 19.0. The molecule has 3 aromatic rings. The second kappa shape index (κ2) is 9.79. The van der Waals surface area contributed by atoms with Gasteiger partial charge in [0, 0.05) is 21.9 Å². The number of methoxy groups -OCH3 is 1. The second-order valence-corrected chi connectivity index (χ2v) is 9.25. The van der Waals surface area contributed by atoms with Gasteiger partial charge in [0.2, 0.25) is 0 Å². The van der Waals surface area contributed by atoms with Crippen LogP contribution in [0.15, 0.2) is 27.4 Å². The number of esters is 1. The van der Waals surface area contributed by atoms with Gasteiger partial charge in [-0.05, 0) is 62.3 Å². The zero-order chi connectivity index (χ0) is 23.5. The number of amides is 1. The van der Waals surface area contributed by atoms with E-state index in [0.29, 0.717) is 27.5 Å². The van der Waals surface area contributed by atoms with Crippen molar-refractivity contribution in [3.63, 3.8) is 0 Å². The van der Waals surface area contributed by atoms with Crippen LogP contribution in [0, 0.1) is 6.92 Å². The third-order valence-electron chi connectivity index (χ3n) is 5.89. The van der Waals surface area contributed by atoms with Gasteiger partial charge >= 0.3 is 11.6 Å². The van der Waals surface area contributed by atoms with Crippen molar-refractivity contribution in [1.29, 1.82) is 0 Å². The van der Waals surface area contributed by atoms with Crippen LogP contribution in [0.1, 0.15) is 58.1 Å². The van der Waals surface area contributed by atoms with Gasteiger partial charge in [0.25, 0.3) is 5.91 Å². The summed E-state index contributed by atoms with van der Waals surface area (Å²) in [7, 11) is 1.34. The third-order valence-corrected chi connectivity index (χ3v) is 7.10. The first-order chi connectivity index (χ1) is 15.9. The third kappa shape index (κ3) is 4.66. The summed E-state index contributed by atoms with van der Waals surface area (Å²) in [5, 5.41) is 4.21. The molecule has 8 heteroatoms. The number of benzene rings is 1. The second-order valence-electron chi connectivity index (χ2n) is 8.15. The summed E-state index contributed by atoms with van der Waals surface area (Å²) < 4.78 is 16.2. The van der Waals surface area contributed by atoms with Gasteiger partial charge in [-0.25, -0.2) is 9.59 Å². The van der Waals surface area contributed by atoms with Crippen LogP contribution >= 0.6 is 11.3 Å². The largest absolute Gasteiger partial charge is 0.483 e. The zero-order valence-corrected chi connectivity index (χ0v) is 19.9. The van der Waals surface area contributed by atoms with Crippen molar-refractivity contribution < 1.29 is 23.5 Å². The van der Waals surface area contributed by atoms with E-state index in [-0.39, 0.29) is 12.5 Å². The Kier molecular flexibility index (Phi) is 6.83. The van der Waals surface area contributed by atoms with Crippen LogP contribution in [0.4, 0.5) is 5.00 Å². The maximum atomic E-state index is 12.7. The first-order valence-electron chi connectivity index (χ1n) is 11.1. The standard InChI is InChI=1S/C25H27NO6S/c1-4-7-15-12-21(28)32-23-14(2)18(11-10-16(15)23)31-13-20(27)26-24-22(25(29)30-3)17-8-5-6-9-19(17)33-24/h10-12H,4-9,13H2,1-3H3,(H,26,27). The highest BCUT2D eigenvalue weighted by Crippen LogP contribution is 2.38. The number of fused-ring (bicyclic) bond motifs is 2. The highest BCUT2D eigenvalue weighted by Gasteiger charge is 2.27. The van der Waals surface area contributed by atoms with Gasteiger partial charge in [0.15, 0.2) is 6.61 Å². The first-order valence-corrected chi connectivity index (χ1v) is 12.0. The molecule has 1 aliphatic carbocycles. The highest BCUT2D eigenvalue weighted by atomic mass is 32.1. The van der Waals surface area contributed by atoms with Crippen molar-refractivity contribution in [2.24, 2.45) is 0 Å². The molecule has 1 aliphatic rings. The number of carbonyl (C=O) groups excluding carboxylic acids is 2. The number of thiophene rings is 1. The summed E-state index contributed by atoms with van der Waals surface area (Å²) in [6.07, 6.45) is 5.48. The molecule has 0 unspecified atom stereocenters. The molecular formula is C25H27NO6S. The summed E-state index contributed by atoms with van der Waals surface area (Å²) in [4.78, 5) is 38.2. The number of hydrogen-bond donors (Lipinski definition) is 1. The van der Waals surface area contributed by atoms with Crippen molar-refractivity contribution in [1.82, 2.24) is 0 Å². The van der Waals surface area contributed by atoms with Gasteiger partial charge in [0.05, 0.1) is 12.7 Å². The molecular weight excluding hydrogens is 442 g/mol. The van der Waals surface area contributed by atoms with Gasteiger partial charge in [-0.3, -0.25) is 4.79 Å². The summed E-state index contributed by atoms with van der Waals surface area (Å²) in [5.41, 5.74) is 3.12. The molecule has 0 atom stereocenters. The Labute approximate surface area is 195 Å². The van der Waals surface area contributed by atoms with E-state index in [1.54, 1.807) is 13.0 Å². The average Bonchev–Trinajstić information content (AvgIpc) is 3.16. The topological polar surface area (TPSA) is 94.8 Å². The molecule has 33 heavy (non-hydrogen) atoms. The number of anilines is 1. The fourth-order valence-corrected chi connectivity index (χ4v) is 5.61. The number of rotatable bonds is 7. The lowest BCUT2D eigenvalue weighted by atomic mass is 9.95. The Bertz CT molecular complexity index is 1270. The maximum Gasteiger partial charge on any atom is 0.341 e. The Morgan fingerprint density at radius 3 is 2.76 bits per heavy atom. The molecule has 0 spiro atoms. The molecule has 0 radical (unpaired) electrons. The van der Waals surface area contributed by atoms with E-state index in [9.17, 15) is 14.4 Å². The van der Waals surface area contributed by atoms with Crippen LogP contribution in [-0.4, -0.2) is 25.6 Å². The van der Waals surface area contributed by atoms with E-state index in [1.165, 1.54) is 24.5 Å². The van der Waals surface area contributed by atoms with Crippen molar-refractivity contribution >= 4 is 39.2 Å². The first kappa shape index (κ1) is 23.0. The number of hydrogen-bond acceptors (Lipinski definition) is 7. The lowest BCUT2D eigenvalue weighted by Gasteiger charge is -2.13. The lowest BCUT2D eigenvalue weighted by Crippen LogP contribution is -2.21. The molecule has 2 aromatic heterocycles. The van der Waals surface area contributed by atoms with Crippen LogP contribution in [0.25, 0.3) is 11.0 Å². The van der Waals surface area contributed by atoms with E-state index < -0.39 is 11.6 Å². The molecule has 4 rings (SSSR count). The Morgan fingerprint density at radius 1 is 1.21 bits per heavy atom. The summed E-state index contributed by atoms with van der Waals surface area (Å²) in [6, 6.07) is 5.17. The van der Waals surface area contributed by atoms with E-state index in [1.807, 2.05) is 6.07 Å². The fraction of sp³-hybridized carbons (Fsp3) is 0.400. The molecule has 174 valence electrons. The lowest BCUT2D eigenvalue weighted by molar-refractivity contribution is -0.118. The van der Waals surface area contributed by atoms with E-state index in [0.717, 1.165) is 59.9 Å². The molecule has 7 nitrogen and oxygen atoms in total. The maximum absolute atomic E-state index is 12.7. The predicted molar refractivity (Wildman–Crippen MR) is 128 cm³/mol. The average molecular weight is 470 g/mol. The van der Waals surface area contributed by atoms with Crippen molar-refractivity contribution in [2.75, 3.05) is 19.0 Å². The fourth-order valence-electron chi connectivity index (χ4n) is 4.32. The van der Waals surface area contributed by atoms with Crippen LogP contribution in [-0.2, 0) is 28.8 Å². The van der Waals surface area contributed by atoms with Crippen molar-refractivity contribution in [3.8, 4) is 5.75 Å². The van der Waals surface area contributed by atoms with Gasteiger partial charge in [-0.15, -0.1) is 11.3 Å². The van der Waals surface area contributed by atoms with Crippen LogP contribution < -0.4 is 15.7 Å². The number of aryl methyl sites for hydroxylation is 3. The minimum atomic E-state index is -0.436. The smallest absolute Gasteiger partial charge is 0.341 e. The summed E-state index contributed by atoms with van der Waals surface area (Å²) in [6.45, 7) is 3.62. The number of ether oxygens (including phenoxy) is 2. The summed E-state index contributed by atoms with van der Waals surface area (Å²) in [5.74, 6) is -0.346. The highest BCUT2D eigenvalue weighted by molar-refractivity contribution is 7.17. The van der Waals surface area contributed by atoms with E-state index >= 15 is 0 Å². The molecule has 1 N–H and O–H groups in total. The Hall–Kier alpha value is -3.13.